The Bertz CT molecular complexity index is 550. The van der Waals surface area contributed by atoms with Crippen molar-refractivity contribution in [3.63, 3.8) is 0 Å². The molecule has 1 rings (SSSR count). The van der Waals surface area contributed by atoms with Gasteiger partial charge in [-0.3, -0.25) is 4.79 Å². The van der Waals surface area contributed by atoms with Crippen LogP contribution in [0.1, 0.15) is 12.5 Å². The van der Waals surface area contributed by atoms with Crippen LogP contribution in [-0.4, -0.2) is 26.7 Å². The summed E-state index contributed by atoms with van der Waals surface area (Å²) in [5.74, 6) is 0.00764. The Labute approximate surface area is 114 Å². The molecule has 0 aromatic heterocycles. The fourth-order valence-electron chi connectivity index (χ4n) is 1.48. The minimum atomic E-state index is -3.29. The van der Waals surface area contributed by atoms with Crippen LogP contribution in [0.2, 0.25) is 0 Å². The summed E-state index contributed by atoms with van der Waals surface area (Å²) in [4.78, 5) is 12.0. The number of ketones is 1. The molecule has 0 saturated carbocycles. The average molecular weight is 337 g/mol. The minimum Gasteiger partial charge on any atom is -0.300 e. The third kappa shape index (κ3) is 3.82. The third-order valence-corrected chi connectivity index (χ3v) is 5.11. The summed E-state index contributed by atoms with van der Waals surface area (Å²) in [6.45, 7) is 1.48. The van der Waals surface area contributed by atoms with Gasteiger partial charge in [0.05, 0.1) is 4.90 Å². The molecule has 0 radical (unpaired) electrons. The molecule has 0 aliphatic rings. The molecule has 17 heavy (non-hydrogen) atoms. The van der Waals surface area contributed by atoms with E-state index in [9.17, 15) is 13.2 Å². The number of hydrogen-bond acceptors (Lipinski definition) is 4. The van der Waals surface area contributed by atoms with Crippen LogP contribution >= 0.6 is 27.7 Å². The highest BCUT2D eigenvalue weighted by Crippen LogP contribution is 2.33. The lowest BCUT2D eigenvalue weighted by Gasteiger charge is -2.10. The fourth-order valence-corrected chi connectivity index (χ4v) is 4.64. The fraction of sp³-hybridized carbons (Fsp3) is 0.364. The number of hydrogen-bond donors (Lipinski definition) is 0. The molecule has 0 heterocycles. The summed E-state index contributed by atoms with van der Waals surface area (Å²) in [5, 5.41) is 0. The van der Waals surface area contributed by atoms with E-state index in [0.29, 0.717) is 14.9 Å². The average Bonchev–Trinajstić information content (AvgIpc) is 2.14. The third-order valence-electron chi connectivity index (χ3n) is 2.13. The van der Waals surface area contributed by atoms with E-state index in [0.717, 1.165) is 0 Å². The maximum absolute atomic E-state index is 11.7. The molecule has 94 valence electrons. The van der Waals surface area contributed by atoms with E-state index < -0.39 is 9.84 Å². The van der Waals surface area contributed by atoms with Gasteiger partial charge in [-0.25, -0.2) is 8.42 Å². The molecule has 0 atom stereocenters. The maximum atomic E-state index is 11.7. The second-order valence-electron chi connectivity index (χ2n) is 3.76. The predicted molar refractivity (Wildman–Crippen MR) is 73.4 cm³/mol. The minimum absolute atomic E-state index is 0.00764. The number of carbonyl (C=O) groups excluding carboxylic acids is 1. The van der Waals surface area contributed by atoms with Gasteiger partial charge in [-0.05, 0) is 46.8 Å². The zero-order valence-electron chi connectivity index (χ0n) is 9.78. The van der Waals surface area contributed by atoms with Crippen molar-refractivity contribution in [1.82, 2.24) is 0 Å². The summed E-state index contributed by atoms with van der Waals surface area (Å²) >= 11 is 4.71. The molecule has 0 fully saturated rings. The Hall–Kier alpha value is -0.330. The molecule has 0 amide bonds. The van der Waals surface area contributed by atoms with Crippen LogP contribution < -0.4 is 0 Å². The molecule has 1 aromatic carbocycles. The highest BCUT2D eigenvalue weighted by molar-refractivity contribution is 9.10. The first kappa shape index (κ1) is 14.7. The predicted octanol–water partition coefficient (Wildman–Crippen LogP) is 2.71. The molecule has 3 nitrogen and oxygen atoms in total. The lowest BCUT2D eigenvalue weighted by molar-refractivity contribution is -0.116. The summed E-state index contributed by atoms with van der Waals surface area (Å²) in [5.41, 5.74) is 0.711. The lowest BCUT2D eigenvalue weighted by Crippen LogP contribution is -2.04. The second-order valence-corrected chi connectivity index (χ2v) is 7.41. The molecule has 0 aliphatic heterocycles. The van der Waals surface area contributed by atoms with E-state index in [-0.39, 0.29) is 17.1 Å². The number of halogens is 1. The first-order valence-corrected chi connectivity index (χ1v) is 8.72. The number of thioether (sulfide) groups is 1. The Morgan fingerprint density at radius 1 is 1.41 bits per heavy atom. The van der Waals surface area contributed by atoms with Crippen LogP contribution in [-0.2, 0) is 21.1 Å². The molecule has 0 aliphatic carbocycles. The maximum Gasteiger partial charge on any atom is 0.176 e. The monoisotopic (exact) mass is 336 g/mol. The Morgan fingerprint density at radius 2 is 2.00 bits per heavy atom. The van der Waals surface area contributed by atoms with Crippen molar-refractivity contribution < 1.29 is 13.2 Å². The van der Waals surface area contributed by atoms with Crippen molar-refractivity contribution in [2.24, 2.45) is 0 Å². The molecular formula is C11H13BrO3S2. The molecule has 0 unspecified atom stereocenters. The van der Waals surface area contributed by atoms with Gasteiger partial charge in [-0.15, -0.1) is 11.8 Å². The number of rotatable bonds is 4. The van der Waals surface area contributed by atoms with Gasteiger partial charge in [-0.2, -0.15) is 0 Å². The van der Waals surface area contributed by atoms with E-state index in [1.165, 1.54) is 24.9 Å². The van der Waals surface area contributed by atoms with E-state index in [1.807, 2.05) is 6.26 Å². The van der Waals surface area contributed by atoms with Gasteiger partial charge in [0.15, 0.2) is 9.84 Å². The van der Waals surface area contributed by atoms with Crippen molar-refractivity contribution in [3.8, 4) is 0 Å². The van der Waals surface area contributed by atoms with Crippen LogP contribution in [0.4, 0.5) is 0 Å². The van der Waals surface area contributed by atoms with Gasteiger partial charge in [0, 0.05) is 22.0 Å². The van der Waals surface area contributed by atoms with Crippen LogP contribution in [0.15, 0.2) is 26.4 Å². The summed E-state index contributed by atoms with van der Waals surface area (Å²) in [6.07, 6.45) is 3.24. The summed E-state index contributed by atoms with van der Waals surface area (Å²) in [6, 6.07) is 3.37. The van der Waals surface area contributed by atoms with Crippen molar-refractivity contribution >= 4 is 43.3 Å². The molecule has 0 saturated heterocycles. The summed E-state index contributed by atoms with van der Waals surface area (Å²) in [7, 11) is -3.29. The SMILES string of the molecule is CSc1c(Br)cc(CC(C)=O)cc1S(C)(=O)=O. The first-order chi connectivity index (χ1) is 7.75. The van der Waals surface area contributed by atoms with E-state index >= 15 is 0 Å². The molecule has 1 aromatic rings. The number of sulfone groups is 1. The van der Waals surface area contributed by atoms with Gasteiger partial charge < -0.3 is 0 Å². The number of Topliss-reactive ketones (excluding diaryl/α,β-unsaturated/α-hetero) is 1. The van der Waals surface area contributed by atoms with Gasteiger partial charge in [-0.1, -0.05) is 0 Å². The highest BCUT2D eigenvalue weighted by atomic mass is 79.9. The lowest BCUT2D eigenvalue weighted by atomic mass is 10.1. The highest BCUT2D eigenvalue weighted by Gasteiger charge is 2.17. The Morgan fingerprint density at radius 3 is 2.41 bits per heavy atom. The van der Waals surface area contributed by atoms with Crippen molar-refractivity contribution in [1.29, 1.82) is 0 Å². The van der Waals surface area contributed by atoms with Gasteiger partial charge in [0.1, 0.15) is 5.78 Å². The van der Waals surface area contributed by atoms with Crippen LogP contribution in [0.3, 0.4) is 0 Å². The molecule has 0 spiro atoms. The van der Waals surface area contributed by atoms with Crippen LogP contribution in [0.5, 0.6) is 0 Å². The second kappa shape index (κ2) is 5.54. The van der Waals surface area contributed by atoms with Crippen LogP contribution in [0.25, 0.3) is 0 Å². The number of carbonyl (C=O) groups is 1. The quantitative estimate of drug-likeness (QED) is 0.793. The molecule has 0 bridgehead atoms. The zero-order chi connectivity index (χ0) is 13.2. The van der Waals surface area contributed by atoms with Crippen molar-refractivity contribution in [3.05, 3.63) is 22.2 Å². The smallest absolute Gasteiger partial charge is 0.176 e. The van der Waals surface area contributed by atoms with Crippen molar-refractivity contribution in [2.45, 2.75) is 23.1 Å². The largest absolute Gasteiger partial charge is 0.300 e. The van der Waals surface area contributed by atoms with Gasteiger partial charge in [0.25, 0.3) is 0 Å². The van der Waals surface area contributed by atoms with E-state index in [1.54, 1.807) is 12.1 Å². The normalized spacial score (nSPS) is 11.5. The Balaban J connectivity index is 3.44. The Kier molecular flexibility index (Phi) is 4.80. The molecule has 0 N–H and O–H groups in total. The van der Waals surface area contributed by atoms with Gasteiger partial charge >= 0.3 is 0 Å². The topological polar surface area (TPSA) is 51.2 Å². The van der Waals surface area contributed by atoms with E-state index in [4.69, 9.17) is 0 Å². The van der Waals surface area contributed by atoms with Gasteiger partial charge in [0.2, 0.25) is 0 Å². The first-order valence-electron chi connectivity index (χ1n) is 4.81. The summed E-state index contributed by atoms with van der Waals surface area (Å²) < 4.78 is 24.1. The molecular weight excluding hydrogens is 324 g/mol. The standard InChI is InChI=1S/C11H13BrO3S2/c1-7(13)4-8-5-9(12)11(16-2)10(6-8)17(3,14)15/h5-6H,4H2,1-3H3. The van der Waals surface area contributed by atoms with E-state index in [2.05, 4.69) is 15.9 Å². The molecule has 6 heteroatoms. The zero-order valence-corrected chi connectivity index (χ0v) is 13.0. The van der Waals surface area contributed by atoms with Crippen molar-refractivity contribution in [2.75, 3.05) is 12.5 Å². The van der Waals surface area contributed by atoms with Crippen LogP contribution in [0, 0.1) is 0 Å². The number of benzene rings is 1.